The minimum atomic E-state index is -0.436. The van der Waals surface area contributed by atoms with Gasteiger partial charge in [0.1, 0.15) is 6.04 Å². The number of para-hydroxylation sites is 1. The lowest BCUT2D eigenvalue weighted by Gasteiger charge is -2.40. The van der Waals surface area contributed by atoms with E-state index in [0.29, 0.717) is 18.1 Å². The van der Waals surface area contributed by atoms with Crippen molar-refractivity contribution in [3.8, 4) is 6.07 Å². The standard InChI is InChI=1S/C13H14ClN3O/c1-16-8-9-17(12(6-7-15)13(16)18)11-5-3-2-4-10(11)14/h2-5,12H,6,8-9H2,1H3. The molecule has 5 heteroatoms. The van der Waals surface area contributed by atoms with Crippen molar-refractivity contribution in [2.45, 2.75) is 12.5 Å². The van der Waals surface area contributed by atoms with Gasteiger partial charge in [0, 0.05) is 20.1 Å². The summed E-state index contributed by atoms with van der Waals surface area (Å²) < 4.78 is 0. The molecule has 1 atom stereocenters. The first-order valence-corrected chi connectivity index (χ1v) is 6.16. The minimum absolute atomic E-state index is 0.0253. The highest BCUT2D eigenvalue weighted by Gasteiger charge is 2.33. The number of likely N-dealkylation sites (N-methyl/N-ethyl adjacent to an activating group) is 1. The van der Waals surface area contributed by atoms with E-state index in [9.17, 15) is 4.79 Å². The van der Waals surface area contributed by atoms with E-state index in [4.69, 9.17) is 16.9 Å². The molecule has 1 aliphatic heterocycles. The number of amides is 1. The molecule has 0 aliphatic carbocycles. The number of halogens is 1. The molecule has 1 saturated heterocycles. The quantitative estimate of drug-likeness (QED) is 0.819. The molecule has 4 nitrogen and oxygen atoms in total. The Bertz CT molecular complexity index is 497. The molecule has 1 amide bonds. The van der Waals surface area contributed by atoms with E-state index in [1.165, 1.54) is 0 Å². The highest BCUT2D eigenvalue weighted by Crippen LogP contribution is 2.29. The fourth-order valence-corrected chi connectivity index (χ4v) is 2.41. The predicted octanol–water partition coefficient (Wildman–Crippen LogP) is 1.90. The Morgan fingerprint density at radius 3 is 2.83 bits per heavy atom. The first-order chi connectivity index (χ1) is 8.65. The number of benzene rings is 1. The van der Waals surface area contributed by atoms with Crippen LogP contribution in [0.2, 0.25) is 5.02 Å². The smallest absolute Gasteiger partial charge is 0.246 e. The van der Waals surface area contributed by atoms with E-state index in [0.717, 1.165) is 5.69 Å². The van der Waals surface area contributed by atoms with Crippen LogP contribution in [0.4, 0.5) is 5.69 Å². The Labute approximate surface area is 111 Å². The average Bonchev–Trinajstić information content (AvgIpc) is 2.37. The molecule has 0 bridgehead atoms. The fraction of sp³-hybridized carbons (Fsp3) is 0.385. The number of anilines is 1. The molecule has 0 N–H and O–H groups in total. The molecule has 0 radical (unpaired) electrons. The van der Waals surface area contributed by atoms with E-state index >= 15 is 0 Å². The molecule has 1 unspecified atom stereocenters. The van der Waals surface area contributed by atoms with E-state index in [1.54, 1.807) is 18.0 Å². The van der Waals surface area contributed by atoms with Gasteiger partial charge in [-0.05, 0) is 12.1 Å². The number of carbonyl (C=O) groups is 1. The Kier molecular flexibility index (Phi) is 3.73. The largest absolute Gasteiger partial charge is 0.356 e. The molecule has 0 saturated carbocycles. The predicted molar refractivity (Wildman–Crippen MR) is 70.5 cm³/mol. The summed E-state index contributed by atoms with van der Waals surface area (Å²) in [6, 6.07) is 9.05. The third-order valence-corrected chi connectivity index (χ3v) is 3.48. The van der Waals surface area contributed by atoms with E-state index < -0.39 is 6.04 Å². The molecular formula is C13H14ClN3O. The van der Waals surface area contributed by atoms with Crippen LogP contribution in [-0.2, 0) is 4.79 Å². The molecule has 94 valence electrons. The summed E-state index contributed by atoms with van der Waals surface area (Å²) in [7, 11) is 1.76. The second-order valence-electron chi connectivity index (χ2n) is 4.28. The minimum Gasteiger partial charge on any atom is -0.356 e. The van der Waals surface area contributed by atoms with E-state index in [2.05, 4.69) is 6.07 Å². The van der Waals surface area contributed by atoms with Crippen molar-refractivity contribution in [3.05, 3.63) is 29.3 Å². The number of nitrogens with zero attached hydrogens (tertiary/aromatic N) is 3. The zero-order valence-corrected chi connectivity index (χ0v) is 10.9. The second kappa shape index (κ2) is 5.28. The lowest BCUT2D eigenvalue weighted by atomic mass is 10.1. The third-order valence-electron chi connectivity index (χ3n) is 3.16. The summed E-state index contributed by atoms with van der Waals surface area (Å²) in [5.74, 6) is -0.0253. The maximum atomic E-state index is 12.1. The third kappa shape index (κ3) is 2.27. The summed E-state index contributed by atoms with van der Waals surface area (Å²) >= 11 is 6.16. The number of rotatable bonds is 2. The number of hydrogen-bond acceptors (Lipinski definition) is 3. The van der Waals surface area contributed by atoms with Crippen molar-refractivity contribution < 1.29 is 4.79 Å². The van der Waals surface area contributed by atoms with Gasteiger partial charge >= 0.3 is 0 Å². The van der Waals surface area contributed by atoms with Gasteiger partial charge in [0.05, 0.1) is 23.2 Å². The van der Waals surface area contributed by atoms with Crippen molar-refractivity contribution in [2.24, 2.45) is 0 Å². The van der Waals surface area contributed by atoms with Gasteiger partial charge in [-0.15, -0.1) is 0 Å². The zero-order valence-electron chi connectivity index (χ0n) is 10.1. The van der Waals surface area contributed by atoms with Gasteiger partial charge in [0.15, 0.2) is 0 Å². The Hall–Kier alpha value is -1.73. The molecule has 0 spiro atoms. The first-order valence-electron chi connectivity index (χ1n) is 5.78. The highest BCUT2D eigenvalue weighted by molar-refractivity contribution is 6.33. The van der Waals surface area contributed by atoms with Crippen molar-refractivity contribution in [3.63, 3.8) is 0 Å². The fourth-order valence-electron chi connectivity index (χ4n) is 2.17. The first kappa shape index (κ1) is 12.7. The van der Waals surface area contributed by atoms with Crippen molar-refractivity contribution in [2.75, 3.05) is 25.0 Å². The van der Waals surface area contributed by atoms with Gasteiger partial charge in [-0.2, -0.15) is 5.26 Å². The van der Waals surface area contributed by atoms with Crippen molar-refractivity contribution in [1.82, 2.24) is 4.90 Å². The summed E-state index contributed by atoms with van der Waals surface area (Å²) in [4.78, 5) is 15.7. The summed E-state index contributed by atoms with van der Waals surface area (Å²) in [6.45, 7) is 1.34. The summed E-state index contributed by atoms with van der Waals surface area (Å²) in [6.07, 6.45) is 0.175. The molecule has 1 aliphatic rings. The van der Waals surface area contributed by atoms with Crippen LogP contribution in [0, 0.1) is 11.3 Å². The Balaban J connectivity index is 2.34. The monoisotopic (exact) mass is 263 g/mol. The van der Waals surface area contributed by atoms with Gasteiger partial charge in [-0.3, -0.25) is 4.79 Å². The maximum absolute atomic E-state index is 12.1. The Morgan fingerprint density at radius 1 is 1.44 bits per heavy atom. The van der Waals surface area contributed by atoms with Crippen LogP contribution in [-0.4, -0.2) is 37.0 Å². The number of carbonyl (C=O) groups excluding carboxylic acids is 1. The highest BCUT2D eigenvalue weighted by atomic mass is 35.5. The van der Waals surface area contributed by atoms with Crippen LogP contribution < -0.4 is 4.90 Å². The van der Waals surface area contributed by atoms with Gasteiger partial charge in [0.25, 0.3) is 0 Å². The number of hydrogen-bond donors (Lipinski definition) is 0. The molecule has 1 aromatic rings. The molecule has 0 aromatic heterocycles. The topological polar surface area (TPSA) is 47.3 Å². The van der Waals surface area contributed by atoms with Crippen LogP contribution in [0.1, 0.15) is 6.42 Å². The van der Waals surface area contributed by atoms with Gasteiger partial charge in [-0.1, -0.05) is 23.7 Å². The van der Waals surface area contributed by atoms with Crippen molar-refractivity contribution >= 4 is 23.2 Å². The van der Waals surface area contributed by atoms with E-state index in [1.807, 2.05) is 23.1 Å². The summed E-state index contributed by atoms with van der Waals surface area (Å²) in [5.41, 5.74) is 0.820. The molecule has 1 fully saturated rings. The van der Waals surface area contributed by atoms with Crippen LogP contribution in [0.25, 0.3) is 0 Å². The summed E-state index contributed by atoms with van der Waals surface area (Å²) in [5, 5.41) is 9.49. The second-order valence-corrected chi connectivity index (χ2v) is 4.69. The van der Waals surface area contributed by atoms with Crippen molar-refractivity contribution in [1.29, 1.82) is 5.26 Å². The van der Waals surface area contributed by atoms with Crippen LogP contribution in [0.15, 0.2) is 24.3 Å². The molecule has 18 heavy (non-hydrogen) atoms. The zero-order chi connectivity index (χ0) is 13.1. The normalized spacial score (nSPS) is 19.8. The van der Waals surface area contributed by atoms with E-state index in [-0.39, 0.29) is 12.3 Å². The number of piperazine rings is 1. The molecular weight excluding hydrogens is 250 g/mol. The van der Waals surface area contributed by atoms with Crippen LogP contribution in [0.5, 0.6) is 0 Å². The average molecular weight is 264 g/mol. The maximum Gasteiger partial charge on any atom is 0.246 e. The van der Waals surface area contributed by atoms with Gasteiger partial charge in [-0.25, -0.2) is 0 Å². The van der Waals surface area contributed by atoms with Gasteiger partial charge < -0.3 is 9.80 Å². The van der Waals surface area contributed by atoms with Gasteiger partial charge in [0.2, 0.25) is 5.91 Å². The molecule has 1 heterocycles. The SMILES string of the molecule is CN1CCN(c2ccccc2Cl)C(CC#N)C1=O. The lowest BCUT2D eigenvalue weighted by molar-refractivity contribution is -0.132. The lowest BCUT2D eigenvalue weighted by Crippen LogP contribution is -2.55. The number of nitriles is 1. The van der Waals surface area contributed by atoms with Crippen LogP contribution >= 0.6 is 11.6 Å². The van der Waals surface area contributed by atoms with Crippen LogP contribution in [0.3, 0.4) is 0 Å². The molecule has 1 aromatic carbocycles. The molecule has 2 rings (SSSR count). The Morgan fingerprint density at radius 2 is 2.17 bits per heavy atom.